The maximum Gasteiger partial charge on any atom is 0.249 e. The quantitative estimate of drug-likeness (QED) is 0.781. The number of hydrogen-bond donors (Lipinski definition) is 1. The molecule has 116 valence electrons. The zero-order valence-electron chi connectivity index (χ0n) is 13.6. The van der Waals surface area contributed by atoms with E-state index in [4.69, 9.17) is 5.73 Å². The van der Waals surface area contributed by atoms with Crippen molar-refractivity contribution in [2.24, 2.45) is 5.73 Å². The van der Waals surface area contributed by atoms with Crippen molar-refractivity contribution in [3.8, 4) is 0 Å². The molecule has 0 saturated heterocycles. The molecule has 0 bridgehead atoms. The third-order valence-electron chi connectivity index (χ3n) is 4.24. The topological polar surface area (TPSA) is 43.1 Å². The molecule has 2 aromatic carbocycles. The maximum atomic E-state index is 10.9. The average Bonchev–Trinajstić information content (AvgIpc) is 2.72. The van der Waals surface area contributed by atoms with Crippen LogP contribution in [0.1, 0.15) is 51.9 Å². The van der Waals surface area contributed by atoms with Gasteiger partial charge in [-0.3, -0.25) is 4.79 Å². The van der Waals surface area contributed by atoms with Crippen LogP contribution in [0.3, 0.4) is 0 Å². The predicted octanol–water partition coefficient (Wildman–Crippen LogP) is 4.36. The Hall–Kier alpha value is -2.09. The second-order valence-corrected chi connectivity index (χ2v) is 5.96. The molecule has 1 aliphatic rings. The lowest BCUT2D eigenvalue weighted by Gasteiger charge is -2.03. The lowest BCUT2D eigenvalue weighted by Crippen LogP contribution is -2.14. The third kappa shape index (κ3) is 4.20. The van der Waals surface area contributed by atoms with E-state index in [2.05, 4.69) is 24.3 Å². The van der Waals surface area contributed by atoms with Gasteiger partial charge in [0.25, 0.3) is 0 Å². The molecule has 0 spiro atoms. The van der Waals surface area contributed by atoms with E-state index in [0.29, 0.717) is 5.56 Å². The minimum atomic E-state index is -0.347. The van der Waals surface area contributed by atoms with Crippen LogP contribution in [-0.2, 0) is 12.8 Å². The highest BCUT2D eigenvalue weighted by Crippen LogP contribution is 2.19. The van der Waals surface area contributed by atoms with Crippen molar-refractivity contribution in [3.05, 3.63) is 70.3 Å². The first-order chi connectivity index (χ1) is 10.6. The first kappa shape index (κ1) is 16.3. The normalized spacial score (nSPS) is 13.4. The summed E-state index contributed by atoms with van der Waals surface area (Å²) in [6.07, 6.45) is 6.79. The van der Waals surface area contributed by atoms with Crippen molar-refractivity contribution in [1.29, 1.82) is 0 Å². The first-order valence-electron chi connectivity index (χ1n) is 8.02. The van der Waals surface area contributed by atoms with Gasteiger partial charge in [0.05, 0.1) is 0 Å². The molecule has 0 atom stereocenters. The molecule has 3 rings (SSSR count). The molecule has 0 heterocycles. The number of primary amides is 1. The Morgan fingerprint density at radius 3 is 1.73 bits per heavy atom. The van der Waals surface area contributed by atoms with Crippen molar-refractivity contribution >= 4 is 5.91 Å². The number of hydrogen-bond acceptors (Lipinski definition) is 1. The summed E-state index contributed by atoms with van der Waals surface area (Å²) in [6.45, 7) is 3.76. The standard InChI is InChI=1S/C11H14.C9H11NO/c1-2-6-10-8-4-5-9-11(10)7-3-1;1-6-4-3-5-7(2)8(6)9(10)11/h4-5,8-9H,1-3,6-7H2;3-5H,1-2H3,(H2,10,11). The van der Waals surface area contributed by atoms with E-state index in [1.54, 1.807) is 11.1 Å². The van der Waals surface area contributed by atoms with Crippen LogP contribution in [0.15, 0.2) is 42.5 Å². The molecule has 2 aromatic rings. The van der Waals surface area contributed by atoms with E-state index in [9.17, 15) is 4.79 Å². The van der Waals surface area contributed by atoms with E-state index in [0.717, 1.165) is 11.1 Å². The van der Waals surface area contributed by atoms with Crippen LogP contribution < -0.4 is 5.73 Å². The van der Waals surface area contributed by atoms with Gasteiger partial charge in [-0.25, -0.2) is 0 Å². The van der Waals surface area contributed by atoms with Gasteiger partial charge < -0.3 is 5.73 Å². The van der Waals surface area contributed by atoms with Gasteiger partial charge in [0.2, 0.25) is 5.91 Å². The summed E-state index contributed by atoms with van der Waals surface area (Å²) in [4.78, 5) is 10.9. The third-order valence-corrected chi connectivity index (χ3v) is 4.24. The smallest absolute Gasteiger partial charge is 0.249 e. The van der Waals surface area contributed by atoms with E-state index in [1.165, 1.54) is 32.1 Å². The number of amides is 1. The summed E-state index contributed by atoms with van der Waals surface area (Å²) < 4.78 is 0. The lowest BCUT2D eigenvalue weighted by molar-refractivity contribution is 0.0999. The molecule has 0 unspecified atom stereocenters. The van der Waals surface area contributed by atoms with Crippen molar-refractivity contribution in [1.82, 2.24) is 0 Å². The Balaban J connectivity index is 0.000000160. The largest absolute Gasteiger partial charge is 0.366 e. The van der Waals surface area contributed by atoms with Gasteiger partial charge in [0.1, 0.15) is 0 Å². The van der Waals surface area contributed by atoms with Crippen LogP contribution in [0.4, 0.5) is 0 Å². The number of nitrogens with two attached hydrogens (primary N) is 1. The summed E-state index contributed by atoms with van der Waals surface area (Å²) in [7, 11) is 0. The SMILES string of the molecule is Cc1cccc(C)c1C(N)=O.c1ccc2c(c1)CCCCC2. The number of carbonyl (C=O) groups excluding carboxylic acids is 1. The van der Waals surface area contributed by atoms with Gasteiger partial charge in [-0.2, -0.15) is 0 Å². The fraction of sp³-hybridized carbons (Fsp3) is 0.350. The van der Waals surface area contributed by atoms with Crippen molar-refractivity contribution in [2.75, 3.05) is 0 Å². The van der Waals surface area contributed by atoms with Crippen LogP contribution in [0.5, 0.6) is 0 Å². The highest BCUT2D eigenvalue weighted by Gasteiger charge is 2.06. The Morgan fingerprint density at radius 1 is 0.818 bits per heavy atom. The summed E-state index contributed by atoms with van der Waals surface area (Å²) in [5, 5.41) is 0. The van der Waals surface area contributed by atoms with E-state index < -0.39 is 0 Å². The Morgan fingerprint density at radius 2 is 1.32 bits per heavy atom. The first-order valence-corrected chi connectivity index (χ1v) is 8.02. The highest BCUT2D eigenvalue weighted by atomic mass is 16.1. The van der Waals surface area contributed by atoms with E-state index >= 15 is 0 Å². The fourth-order valence-electron chi connectivity index (χ4n) is 3.06. The van der Waals surface area contributed by atoms with Crippen LogP contribution >= 0.6 is 0 Å². The maximum absolute atomic E-state index is 10.9. The summed E-state index contributed by atoms with van der Waals surface area (Å²) in [6, 6.07) is 14.5. The van der Waals surface area contributed by atoms with Crippen LogP contribution in [0.25, 0.3) is 0 Å². The fourth-order valence-corrected chi connectivity index (χ4v) is 3.06. The molecular weight excluding hydrogens is 270 g/mol. The monoisotopic (exact) mass is 295 g/mol. The van der Waals surface area contributed by atoms with Crippen LogP contribution in [0, 0.1) is 13.8 Å². The number of fused-ring (bicyclic) bond motifs is 1. The zero-order valence-corrected chi connectivity index (χ0v) is 13.6. The van der Waals surface area contributed by atoms with E-state index in [-0.39, 0.29) is 5.91 Å². The molecular formula is C20H25NO. The summed E-state index contributed by atoms with van der Waals surface area (Å²) in [5.74, 6) is -0.347. The number of aryl methyl sites for hydroxylation is 4. The van der Waals surface area contributed by atoms with Crippen molar-refractivity contribution in [3.63, 3.8) is 0 Å². The van der Waals surface area contributed by atoms with Gasteiger partial charge in [0.15, 0.2) is 0 Å². The Kier molecular flexibility index (Phi) is 5.76. The second-order valence-electron chi connectivity index (χ2n) is 5.96. The van der Waals surface area contributed by atoms with Gasteiger partial charge in [-0.05, 0) is 61.8 Å². The molecule has 2 N–H and O–H groups in total. The molecule has 1 amide bonds. The van der Waals surface area contributed by atoms with Gasteiger partial charge >= 0.3 is 0 Å². The summed E-state index contributed by atoms with van der Waals surface area (Å²) >= 11 is 0. The molecule has 1 aliphatic carbocycles. The minimum Gasteiger partial charge on any atom is -0.366 e. The molecule has 2 nitrogen and oxygen atoms in total. The number of carbonyl (C=O) groups is 1. The van der Waals surface area contributed by atoms with Crippen LogP contribution in [-0.4, -0.2) is 5.91 Å². The van der Waals surface area contributed by atoms with Crippen molar-refractivity contribution < 1.29 is 4.79 Å². The van der Waals surface area contributed by atoms with E-state index in [1.807, 2.05) is 32.0 Å². The molecule has 0 fully saturated rings. The predicted molar refractivity (Wildman–Crippen MR) is 92.1 cm³/mol. The second kappa shape index (κ2) is 7.79. The van der Waals surface area contributed by atoms with Gasteiger partial charge in [0, 0.05) is 5.56 Å². The Labute approximate surface area is 133 Å². The molecule has 0 saturated carbocycles. The molecule has 2 heteroatoms. The molecule has 0 aromatic heterocycles. The number of rotatable bonds is 1. The molecule has 22 heavy (non-hydrogen) atoms. The van der Waals surface area contributed by atoms with Gasteiger partial charge in [-0.1, -0.05) is 48.9 Å². The zero-order chi connectivity index (χ0) is 15.9. The van der Waals surface area contributed by atoms with Crippen molar-refractivity contribution in [2.45, 2.75) is 46.0 Å². The lowest BCUT2D eigenvalue weighted by atomic mass is 10.0. The number of benzene rings is 2. The summed E-state index contributed by atoms with van der Waals surface area (Å²) in [5.41, 5.74) is 10.9. The molecule has 0 radical (unpaired) electrons. The van der Waals surface area contributed by atoms with Gasteiger partial charge in [-0.15, -0.1) is 0 Å². The average molecular weight is 295 g/mol. The Bertz CT molecular complexity index is 601. The molecule has 0 aliphatic heterocycles. The highest BCUT2D eigenvalue weighted by molar-refractivity contribution is 5.95. The van der Waals surface area contributed by atoms with Crippen LogP contribution in [0.2, 0.25) is 0 Å². The minimum absolute atomic E-state index is 0.347.